The Hall–Kier alpha value is -4.70. The van der Waals surface area contributed by atoms with Gasteiger partial charge in [-0.2, -0.15) is 0 Å². The standard InChI is InChI=1S/C42H43NO2/c1-3-34-14-18-38(19-15-34)32-44-30-8-10-36-22-26-41(27-23-36)43(40-12-6-5-7-13-40)42-28-24-37(25-29-42)11-9-31-45-33-39-20-16-35(4-2)17-21-39/h3-7,12-29H,1-2,8-11,30-33H2. The molecule has 0 fully saturated rings. The Morgan fingerprint density at radius 1 is 0.444 bits per heavy atom. The number of benzene rings is 5. The zero-order chi connectivity index (χ0) is 31.1. The molecule has 228 valence electrons. The second-order valence-electron chi connectivity index (χ2n) is 11.2. The van der Waals surface area contributed by atoms with Crippen molar-refractivity contribution in [3.05, 3.63) is 174 Å². The molecule has 0 saturated heterocycles. The zero-order valence-electron chi connectivity index (χ0n) is 26.1. The Morgan fingerprint density at radius 2 is 0.822 bits per heavy atom. The number of aryl methyl sites for hydroxylation is 2. The van der Waals surface area contributed by atoms with Crippen LogP contribution in [0.5, 0.6) is 0 Å². The Kier molecular flexibility index (Phi) is 12.0. The Bertz CT molecular complexity index is 1480. The summed E-state index contributed by atoms with van der Waals surface area (Å²) in [5, 5.41) is 0. The molecular formula is C42H43NO2. The minimum atomic E-state index is 0.639. The lowest BCUT2D eigenvalue weighted by Gasteiger charge is -2.26. The van der Waals surface area contributed by atoms with Gasteiger partial charge < -0.3 is 14.4 Å². The van der Waals surface area contributed by atoms with Crippen molar-refractivity contribution >= 4 is 29.2 Å². The van der Waals surface area contributed by atoms with E-state index >= 15 is 0 Å². The second-order valence-corrected chi connectivity index (χ2v) is 11.2. The van der Waals surface area contributed by atoms with E-state index in [1.54, 1.807) is 0 Å². The van der Waals surface area contributed by atoms with Crippen LogP contribution in [-0.4, -0.2) is 13.2 Å². The molecule has 0 aliphatic rings. The van der Waals surface area contributed by atoms with E-state index in [4.69, 9.17) is 9.47 Å². The minimum absolute atomic E-state index is 0.639. The van der Waals surface area contributed by atoms with Crippen molar-refractivity contribution in [2.45, 2.75) is 38.9 Å². The molecular weight excluding hydrogens is 550 g/mol. The molecule has 0 heterocycles. The van der Waals surface area contributed by atoms with Gasteiger partial charge in [0.2, 0.25) is 0 Å². The maximum absolute atomic E-state index is 5.92. The van der Waals surface area contributed by atoms with Gasteiger partial charge in [-0.05, 0) is 95.5 Å². The number of rotatable bonds is 17. The zero-order valence-corrected chi connectivity index (χ0v) is 26.1. The van der Waals surface area contributed by atoms with E-state index in [1.807, 2.05) is 12.2 Å². The van der Waals surface area contributed by atoms with Crippen molar-refractivity contribution in [2.24, 2.45) is 0 Å². The monoisotopic (exact) mass is 593 g/mol. The molecule has 0 aliphatic carbocycles. The number of hydrogen-bond acceptors (Lipinski definition) is 3. The van der Waals surface area contributed by atoms with Gasteiger partial charge in [-0.3, -0.25) is 0 Å². The molecule has 0 amide bonds. The maximum Gasteiger partial charge on any atom is 0.0716 e. The molecule has 0 saturated carbocycles. The van der Waals surface area contributed by atoms with Gasteiger partial charge in [0.1, 0.15) is 0 Å². The average Bonchev–Trinajstić information content (AvgIpc) is 3.10. The molecule has 5 rings (SSSR count). The minimum Gasteiger partial charge on any atom is -0.377 e. The van der Waals surface area contributed by atoms with Crippen LogP contribution in [0.4, 0.5) is 17.1 Å². The largest absolute Gasteiger partial charge is 0.377 e. The summed E-state index contributed by atoms with van der Waals surface area (Å²) in [6, 6.07) is 45.1. The van der Waals surface area contributed by atoms with Crippen molar-refractivity contribution in [2.75, 3.05) is 18.1 Å². The van der Waals surface area contributed by atoms with E-state index in [2.05, 4.69) is 145 Å². The van der Waals surface area contributed by atoms with Crippen LogP contribution >= 0.6 is 0 Å². The molecule has 0 bridgehead atoms. The number of ether oxygens (including phenoxy) is 2. The Labute approximate surface area is 269 Å². The molecule has 0 atom stereocenters. The molecule has 45 heavy (non-hydrogen) atoms. The van der Waals surface area contributed by atoms with Crippen LogP contribution in [0.15, 0.2) is 141 Å². The molecule has 0 unspecified atom stereocenters. The van der Waals surface area contributed by atoms with Crippen molar-refractivity contribution in [3.8, 4) is 0 Å². The molecule has 3 nitrogen and oxygen atoms in total. The number of para-hydroxylation sites is 1. The number of hydrogen-bond donors (Lipinski definition) is 0. The molecule has 5 aromatic carbocycles. The Morgan fingerprint density at radius 3 is 1.22 bits per heavy atom. The predicted octanol–water partition coefficient (Wildman–Crippen LogP) is 10.7. The van der Waals surface area contributed by atoms with Crippen LogP contribution < -0.4 is 4.90 Å². The van der Waals surface area contributed by atoms with E-state index in [0.29, 0.717) is 13.2 Å². The van der Waals surface area contributed by atoms with Gasteiger partial charge in [0.25, 0.3) is 0 Å². The summed E-state index contributed by atoms with van der Waals surface area (Å²) >= 11 is 0. The topological polar surface area (TPSA) is 21.7 Å². The molecule has 0 radical (unpaired) electrons. The molecule has 0 N–H and O–H groups in total. The third kappa shape index (κ3) is 9.64. The van der Waals surface area contributed by atoms with Crippen molar-refractivity contribution in [1.82, 2.24) is 0 Å². The van der Waals surface area contributed by atoms with Gasteiger partial charge in [-0.1, -0.05) is 116 Å². The van der Waals surface area contributed by atoms with Crippen LogP contribution in [0.1, 0.15) is 46.2 Å². The van der Waals surface area contributed by atoms with Crippen LogP contribution in [0.3, 0.4) is 0 Å². The van der Waals surface area contributed by atoms with Crippen LogP contribution in [0, 0.1) is 0 Å². The smallest absolute Gasteiger partial charge is 0.0716 e. The fourth-order valence-electron chi connectivity index (χ4n) is 5.28. The maximum atomic E-state index is 5.92. The SMILES string of the molecule is C=Cc1ccc(COCCCc2ccc(N(c3ccccc3)c3ccc(CCCOCc4ccc(C=C)cc4)cc3)cc2)cc1. The lowest BCUT2D eigenvalue weighted by molar-refractivity contribution is 0.118. The fraction of sp³-hybridized carbons (Fsp3) is 0.190. The van der Waals surface area contributed by atoms with Gasteiger partial charge in [-0.25, -0.2) is 0 Å². The van der Waals surface area contributed by atoms with E-state index in [9.17, 15) is 0 Å². The van der Waals surface area contributed by atoms with Gasteiger partial charge >= 0.3 is 0 Å². The molecule has 3 heteroatoms. The molecule has 5 aromatic rings. The third-order valence-electron chi connectivity index (χ3n) is 7.88. The highest BCUT2D eigenvalue weighted by atomic mass is 16.5. The summed E-state index contributed by atoms with van der Waals surface area (Å²) in [5.41, 5.74) is 10.7. The summed E-state index contributed by atoms with van der Waals surface area (Å²) in [5.74, 6) is 0. The number of anilines is 3. The van der Waals surface area contributed by atoms with E-state index in [0.717, 1.165) is 67.1 Å². The second kappa shape index (κ2) is 17.0. The van der Waals surface area contributed by atoms with Crippen molar-refractivity contribution in [1.29, 1.82) is 0 Å². The van der Waals surface area contributed by atoms with Crippen molar-refractivity contribution < 1.29 is 9.47 Å². The predicted molar refractivity (Wildman–Crippen MR) is 190 cm³/mol. The summed E-state index contributed by atoms with van der Waals surface area (Å²) in [7, 11) is 0. The highest BCUT2D eigenvalue weighted by Crippen LogP contribution is 2.34. The van der Waals surface area contributed by atoms with Gasteiger partial charge in [-0.15, -0.1) is 0 Å². The summed E-state index contributed by atoms with van der Waals surface area (Å²) in [6.45, 7) is 10.4. The summed E-state index contributed by atoms with van der Waals surface area (Å²) in [4.78, 5) is 2.31. The first-order chi connectivity index (χ1) is 22.2. The Balaban J connectivity index is 1.12. The van der Waals surface area contributed by atoms with Crippen LogP contribution in [-0.2, 0) is 35.5 Å². The lowest BCUT2D eigenvalue weighted by Crippen LogP contribution is -2.10. The van der Waals surface area contributed by atoms with Gasteiger partial charge in [0, 0.05) is 30.3 Å². The quantitative estimate of drug-likeness (QED) is 0.100. The first-order valence-electron chi connectivity index (χ1n) is 15.8. The number of nitrogens with zero attached hydrogens (tertiary/aromatic N) is 1. The normalized spacial score (nSPS) is 10.8. The third-order valence-corrected chi connectivity index (χ3v) is 7.88. The van der Waals surface area contributed by atoms with Gasteiger partial charge in [0.05, 0.1) is 13.2 Å². The first-order valence-corrected chi connectivity index (χ1v) is 15.8. The van der Waals surface area contributed by atoms with Crippen molar-refractivity contribution in [3.63, 3.8) is 0 Å². The van der Waals surface area contributed by atoms with Gasteiger partial charge in [0.15, 0.2) is 0 Å². The summed E-state index contributed by atoms with van der Waals surface area (Å²) < 4.78 is 11.8. The highest BCUT2D eigenvalue weighted by molar-refractivity contribution is 5.76. The first kappa shape index (κ1) is 31.7. The van der Waals surface area contributed by atoms with E-state index in [1.165, 1.54) is 22.3 Å². The molecule has 0 spiro atoms. The highest BCUT2D eigenvalue weighted by Gasteiger charge is 2.12. The average molecular weight is 594 g/mol. The summed E-state index contributed by atoms with van der Waals surface area (Å²) in [6.07, 6.45) is 7.67. The molecule has 0 aromatic heterocycles. The van der Waals surface area contributed by atoms with Crippen LogP contribution in [0.25, 0.3) is 12.2 Å². The van der Waals surface area contributed by atoms with Crippen LogP contribution in [0.2, 0.25) is 0 Å². The lowest BCUT2D eigenvalue weighted by atomic mass is 10.1. The molecule has 0 aliphatic heterocycles. The fourth-order valence-corrected chi connectivity index (χ4v) is 5.28. The van der Waals surface area contributed by atoms with E-state index < -0.39 is 0 Å². The van der Waals surface area contributed by atoms with E-state index in [-0.39, 0.29) is 0 Å².